The van der Waals surface area contributed by atoms with Gasteiger partial charge in [0.25, 0.3) is 11.8 Å². The molecule has 0 aromatic heterocycles. The lowest BCUT2D eigenvalue weighted by Crippen LogP contribution is -2.60. The number of benzene rings is 3. The number of hydrogen-bond acceptors (Lipinski definition) is 8. The predicted octanol–water partition coefficient (Wildman–Crippen LogP) is 3.50. The molecule has 3 rings (SSSR count). The van der Waals surface area contributed by atoms with Gasteiger partial charge in [0.1, 0.15) is 23.9 Å². The van der Waals surface area contributed by atoms with E-state index in [1.165, 1.54) is 0 Å². The number of imide groups is 1. The normalized spacial score (nSPS) is 14.1. The Morgan fingerprint density at radius 2 is 1.25 bits per heavy atom. The molecule has 0 fully saturated rings. The number of nitrogens with zero attached hydrogens (tertiary/aromatic N) is 1. The molecule has 0 radical (unpaired) electrons. The van der Waals surface area contributed by atoms with E-state index >= 15 is 0 Å². The molecule has 0 heterocycles. The number of amides is 4. The van der Waals surface area contributed by atoms with Crippen LogP contribution >= 0.6 is 0 Å². The van der Waals surface area contributed by atoms with Gasteiger partial charge in [0.2, 0.25) is 11.8 Å². The maximum Gasteiger partial charge on any atom is 0.326 e. The molecule has 280 valence electrons. The van der Waals surface area contributed by atoms with Gasteiger partial charge in [0, 0.05) is 12.5 Å². The SMILES string of the molecule is CC(C)C[C@H](NC(=O)COc1ccccc1)C(=O)N(C(=O)C[C@H](O)[C@@H](N)Cc1ccccc1)[C@@H](CC(C)C)C(=O)NC(Cc1ccccc1)C(=O)O. The molecule has 3 aromatic rings. The second-order valence-electron chi connectivity index (χ2n) is 13.8. The molecule has 3 aromatic carbocycles. The number of carboxylic acid groups (broad SMARTS) is 1. The maximum atomic E-state index is 14.6. The summed E-state index contributed by atoms with van der Waals surface area (Å²) in [5.74, 6) is -4.46. The van der Waals surface area contributed by atoms with E-state index in [1.807, 2.05) is 44.2 Å². The first-order valence-corrected chi connectivity index (χ1v) is 17.6. The van der Waals surface area contributed by atoms with Crippen LogP contribution in [0.2, 0.25) is 0 Å². The van der Waals surface area contributed by atoms with Crippen molar-refractivity contribution in [3.63, 3.8) is 0 Å². The van der Waals surface area contributed by atoms with Crippen LogP contribution in [-0.4, -0.2) is 81.6 Å². The molecule has 12 nitrogen and oxygen atoms in total. The molecule has 0 aliphatic carbocycles. The van der Waals surface area contributed by atoms with E-state index in [2.05, 4.69) is 10.6 Å². The van der Waals surface area contributed by atoms with Crippen LogP contribution in [0, 0.1) is 11.8 Å². The van der Waals surface area contributed by atoms with E-state index < -0.39 is 72.9 Å². The highest BCUT2D eigenvalue weighted by Gasteiger charge is 2.41. The van der Waals surface area contributed by atoms with Crippen LogP contribution in [0.3, 0.4) is 0 Å². The van der Waals surface area contributed by atoms with Gasteiger partial charge in [-0.2, -0.15) is 0 Å². The largest absolute Gasteiger partial charge is 0.484 e. The number of aliphatic hydroxyl groups excluding tert-OH is 1. The van der Waals surface area contributed by atoms with Crippen molar-refractivity contribution in [1.82, 2.24) is 15.5 Å². The molecule has 0 saturated heterocycles. The fraction of sp³-hybridized carbons (Fsp3) is 0.425. The number of rotatable bonds is 20. The summed E-state index contributed by atoms with van der Waals surface area (Å²) in [6.45, 7) is 6.86. The average Bonchev–Trinajstić information content (AvgIpc) is 3.10. The lowest BCUT2D eigenvalue weighted by Gasteiger charge is -2.35. The lowest BCUT2D eigenvalue weighted by atomic mass is 9.95. The highest BCUT2D eigenvalue weighted by Crippen LogP contribution is 2.20. The summed E-state index contributed by atoms with van der Waals surface area (Å²) in [7, 11) is 0. The van der Waals surface area contributed by atoms with Crippen LogP contribution in [0.5, 0.6) is 5.75 Å². The molecule has 6 N–H and O–H groups in total. The Balaban J connectivity index is 1.96. The number of nitrogens with one attached hydrogen (secondary N) is 2. The number of nitrogens with two attached hydrogens (primary N) is 1. The topological polar surface area (TPSA) is 188 Å². The van der Waals surface area contributed by atoms with Crippen molar-refractivity contribution in [1.29, 1.82) is 0 Å². The molecule has 4 amide bonds. The van der Waals surface area contributed by atoms with Crippen LogP contribution in [0.4, 0.5) is 0 Å². The van der Waals surface area contributed by atoms with E-state index in [0.29, 0.717) is 11.3 Å². The average molecular weight is 717 g/mol. The van der Waals surface area contributed by atoms with Crippen molar-refractivity contribution in [3.8, 4) is 5.75 Å². The minimum absolute atomic E-state index is 0.0212. The van der Waals surface area contributed by atoms with Crippen LogP contribution in [-0.2, 0) is 36.8 Å². The van der Waals surface area contributed by atoms with Gasteiger partial charge >= 0.3 is 5.97 Å². The number of carbonyl (C=O) groups is 5. The second-order valence-corrected chi connectivity index (χ2v) is 13.8. The van der Waals surface area contributed by atoms with Gasteiger partial charge in [-0.05, 0) is 54.4 Å². The van der Waals surface area contributed by atoms with Gasteiger partial charge in [-0.1, -0.05) is 107 Å². The third-order valence-electron chi connectivity index (χ3n) is 8.36. The Morgan fingerprint density at radius 1 is 0.731 bits per heavy atom. The first-order chi connectivity index (χ1) is 24.7. The smallest absolute Gasteiger partial charge is 0.326 e. The number of para-hydroxylation sites is 1. The second kappa shape index (κ2) is 20.7. The Bertz CT molecular complexity index is 1590. The molecule has 1 unspecified atom stereocenters. The van der Waals surface area contributed by atoms with Crippen LogP contribution in [0.25, 0.3) is 0 Å². The van der Waals surface area contributed by atoms with E-state index in [9.17, 15) is 34.2 Å². The molecule has 5 atom stereocenters. The van der Waals surface area contributed by atoms with Gasteiger partial charge in [-0.3, -0.25) is 24.1 Å². The first-order valence-electron chi connectivity index (χ1n) is 17.6. The summed E-state index contributed by atoms with van der Waals surface area (Å²) < 4.78 is 5.57. The summed E-state index contributed by atoms with van der Waals surface area (Å²) in [5, 5.41) is 26.4. The summed E-state index contributed by atoms with van der Waals surface area (Å²) in [4.78, 5) is 69.1. The predicted molar refractivity (Wildman–Crippen MR) is 197 cm³/mol. The van der Waals surface area contributed by atoms with E-state index in [0.717, 1.165) is 10.5 Å². The van der Waals surface area contributed by atoms with Crippen LogP contribution in [0.15, 0.2) is 91.0 Å². The third-order valence-corrected chi connectivity index (χ3v) is 8.36. The maximum absolute atomic E-state index is 14.6. The van der Waals surface area contributed by atoms with Gasteiger partial charge in [-0.15, -0.1) is 0 Å². The fourth-order valence-electron chi connectivity index (χ4n) is 5.76. The van der Waals surface area contributed by atoms with Crippen LogP contribution in [0.1, 0.15) is 58.1 Å². The molecular formula is C40H52N4O8. The van der Waals surface area contributed by atoms with Crippen LogP contribution < -0.4 is 21.1 Å². The van der Waals surface area contributed by atoms with Gasteiger partial charge in [0.15, 0.2) is 6.61 Å². The standard InChI is InChI=1S/C40H52N4O8/c1-26(2)20-32(42-36(46)25-52-30-18-12-7-13-19-30)39(49)44(37(47)24-35(45)31(41)22-28-14-8-5-9-15-28)34(21-27(3)4)38(48)43-33(40(50)51)23-29-16-10-6-11-17-29/h5-19,26-27,31-35,45H,20-25,41H2,1-4H3,(H,42,46)(H,43,48)(H,50,51)/t31-,32-,33?,34-,35-/m0/s1. The molecule has 0 aliphatic heterocycles. The number of aliphatic hydroxyl groups is 1. The number of carbonyl (C=O) groups excluding carboxylic acids is 4. The van der Waals surface area contributed by atoms with Crippen molar-refractivity contribution in [2.24, 2.45) is 17.6 Å². The summed E-state index contributed by atoms with van der Waals surface area (Å²) in [6.07, 6.45) is -1.71. The lowest BCUT2D eigenvalue weighted by molar-refractivity contribution is -0.156. The Hall–Kier alpha value is -5.07. The zero-order valence-electron chi connectivity index (χ0n) is 30.3. The molecule has 0 bridgehead atoms. The Kier molecular flexibility index (Phi) is 16.5. The third kappa shape index (κ3) is 13.6. The van der Waals surface area contributed by atoms with Gasteiger partial charge < -0.3 is 31.3 Å². The monoisotopic (exact) mass is 716 g/mol. The minimum Gasteiger partial charge on any atom is -0.484 e. The van der Waals surface area contributed by atoms with Crippen molar-refractivity contribution >= 4 is 29.6 Å². The fourth-order valence-corrected chi connectivity index (χ4v) is 5.76. The Morgan fingerprint density at radius 3 is 1.77 bits per heavy atom. The highest BCUT2D eigenvalue weighted by atomic mass is 16.5. The quantitative estimate of drug-likeness (QED) is 0.117. The Labute approximate surface area is 305 Å². The minimum atomic E-state index is -1.47. The molecule has 0 spiro atoms. The number of ether oxygens (including phenoxy) is 1. The van der Waals surface area contributed by atoms with E-state index in [4.69, 9.17) is 10.5 Å². The van der Waals surface area contributed by atoms with E-state index in [-0.39, 0.29) is 37.5 Å². The van der Waals surface area contributed by atoms with Crippen molar-refractivity contribution in [2.45, 2.75) is 90.1 Å². The molecule has 52 heavy (non-hydrogen) atoms. The molecule has 0 aliphatic rings. The number of carboxylic acids is 1. The molecule has 0 saturated carbocycles. The van der Waals surface area contributed by atoms with Gasteiger partial charge in [-0.25, -0.2) is 4.79 Å². The summed E-state index contributed by atoms with van der Waals surface area (Å²) >= 11 is 0. The van der Waals surface area contributed by atoms with Crippen molar-refractivity contribution < 1.29 is 38.9 Å². The van der Waals surface area contributed by atoms with E-state index in [1.54, 1.807) is 74.5 Å². The molecule has 12 heteroatoms. The number of hydrogen-bond donors (Lipinski definition) is 5. The van der Waals surface area contributed by atoms with Crippen molar-refractivity contribution in [3.05, 3.63) is 102 Å². The molecular weight excluding hydrogens is 664 g/mol. The number of aliphatic carboxylic acids is 1. The summed E-state index contributed by atoms with van der Waals surface area (Å²) in [6, 6.07) is 21.6. The van der Waals surface area contributed by atoms with Crippen molar-refractivity contribution in [2.75, 3.05) is 6.61 Å². The van der Waals surface area contributed by atoms with Gasteiger partial charge in [0.05, 0.1) is 12.5 Å². The zero-order chi connectivity index (χ0) is 38.2. The zero-order valence-corrected chi connectivity index (χ0v) is 30.3. The summed E-state index contributed by atoms with van der Waals surface area (Å²) in [5.41, 5.74) is 7.81. The first kappa shape index (κ1) is 41.4. The highest BCUT2D eigenvalue weighted by molar-refractivity contribution is 6.04.